The van der Waals surface area contributed by atoms with Gasteiger partial charge in [-0.3, -0.25) is 18.8 Å². The van der Waals surface area contributed by atoms with E-state index in [4.69, 9.17) is 5.73 Å². The van der Waals surface area contributed by atoms with Gasteiger partial charge in [0.05, 0.1) is 6.20 Å². The summed E-state index contributed by atoms with van der Waals surface area (Å²) in [4.78, 5) is 54.5. The topological polar surface area (TPSA) is 169 Å². The highest BCUT2D eigenvalue weighted by molar-refractivity contribution is 5.96. The summed E-state index contributed by atoms with van der Waals surface area (Å²) >= 11 is 0. The zero-order chi connectivity index (χ0) is 22.1. The Bertz CT molecular complexity index is 1400. The molecule has 156 valence electrons. The fourth-order valence-corrected chi connectivity index (χ4v) is 3.09. The van der Waals surface area contributed by atoms with Crippen molar-refractivity contribution in [3.63, 3.8) is 0 Å². The quantitative estimate of drug-likeness (QED) is 0.304. The molecule has 0 atom stereocenters. The Hall–Kier alpha value is -4.54. The fraction of sp³-hybridized carbons (Fsp3) is 0.100. The van der Waals surface area contributed by atoms with E-state index in [0.717, 1.165) is 11.1 Å². The average Bonchev–Trinajstić information content (AvgIpc) is 3.25. The van der Waals surface area contributed by atoms with E-state index >= 15 is 0 Å². The standard InChI is InChI=1S/C20H16N6O5/c21-15-16(18(28)17(15)27)23-6-10-2-1-3-11(4-10)7-24-19(29)12-5-13(20(30)31)26-9-22-8-14(26)25-12/h1-5,8-9,23H,6-7,21H2,(H,24,29)(H,30,31). The second-order valence-electron chi connectivity index (χ2n) is 6.76. The number of nitrogens with two attached hydrogens (primary N) is 1. The summed E-state index contributed by atoms with van der Waals surface area (Å²) in [6.07, 6.45) is 2.67. The number of aromatic nitrogens is 3. The lowest BCUT2D eigenvalue weighted by Crippen LogP contribution is -2.36. The molecule has 0 unspecified atom stereocenters. The lowest BCUT2D eigenvalue weighted by molar-refractivity contribution is 0.0688. The lowest BCUT2D eigenvalue weighted by Gasteiger charge is -2.11. The number of carbonyl (C=O) groups is 2. The zero-order valence-electron chi connectivity index (χ0n) is 16.0. The Kier molecular flexibility index (Phi) is 4.91. The van der Waals surface area contributed by atoms with Crippen LogP contribution in [0.15, 0.2) is 52.4 Å². The molecular formula is C20H16N6O5. The average molecular weight is 420 g/mol. The number of nitrogens with one attached hydrogen (secondary N) is 2. The number of aromatic carboxylic acids is 1. The molecule has 11 nitrogen and oxygen atoms in total. The van der Waals surface area contributed by atoms with Gasteiger partial charge < -0.3 is 21.5 Å². The Morgan fingerprint density at radius 1 is 1.10 bits per heavy atom. The highest BCUT2D eigenvalue weighted by Gasteiger charge is 2.18. The Morgan fingerprint density at radius 2 is 1.84 bits per heavy atom. The predicted molar refractivity (Wildman–Crippen MR) is 111 cm³/mol. The van der Waals surface area contributed by atoms with Crippen LogP contribution in [0.25, 0.3) is 5.65 Å². The highest BCUT2D eigenvalue weighted by Crippen LogP contribution is 2.13. The van der Waals surface area contributed by atoms with Crippen LogP contribution in [0.1, 0.15) is 32.1 Å². The Labute approximate surface area is 173 Å². The first kappa shape index (κ1) is 19.8. The first-order valence-electron chi connectivity index (χ1n) is 9.10. The smallest absolute Gasteiger partial charge is 0.353 e. The summed E-state index contributed by atoms with van der Waals surface area (Å²) in [7, 11) is 0. The van der Waals surface area contributed by atoms with Crippen molar-refractivity contribution >= 4 is 28.9 Å². The number of hydrogen-bond donors (Lipinski definition) is 4. The number of hydrogen-bond acceptors (Lipinski definition) is 8. The molecule has 0 aliphatic heterocycles. The van der Waals surface area contributed by atoms with Crippen LogP contribution in [0.2, 0.25) is 0 Å². The second-order valence-corrected chi connectivity index (χ2v) is 6.76. The molecule has 0 radical (unpaired) electrons. The van der Waals surface area contributed by atoms with Crippen molar-refractivity contribution in [2.24, 2.45) is 0 Å². The molecule has 2 heterocycles. The number of rotatable bonds is 7. The third-order valence-corrected chi connectivity index (χ3v) is 4.70. The summed E-state index contributed by atoms with van der Waals surface area (Å²) in [5, 5.41) is 14.9. The predicted octanol–water partition coefficient (Wildman–Crippen LogP) is 0.148. The van der Waals surface area contributed by atoms with Crippen molar-refractivity contribution in [3.8, 4) is 0 Å². The van der Waals surface area contributed by atoms with Gasteiger partial charge in [0, 0.05) is 19.2 Å². The molecule has 0 bridgehead atoms. The minimum absolute atomic E-state index is 0.0428. The minimum atomic E-state index is -1.21. The van der Waals surface area contributed by atoms with Gasteiger partial charge in [-0.1, -0.05) is 24.3 Å². The summed E-state index contributed by atoms with van der Waals surface area (Å²) < 4.78 is 1.28. The largest absolute Gasteiger partial charge is 0.477 e. The van der Waals surface area contributed by atoms with E-state index in [1.165, 1.54) is 23.0 Å². The number of carbonyl (C=O) groups excluding carboxylic acids is 1. The fourth-order valence-electron chi connectivity index (χ4n) is 3.09. The van der Waals surface area contributed by atoms with Gasteiger partial charge in [0.2, 0.25) is 0 Å². The van der Waals surface area contributed by atoms with Gasteiger partial charge in [-0.2, -0.15) is 0 Å². The number of nitrogens with zero attached hydrogens (tertiary/aromatic N) is 3. The van der Waals surface area contributed by atoms with Gasteiger partial charge in [-0.15, -0.1) is 0 Å². The van der Waals surface area contributed by atoms with Gasteiger partial charge in [0.1, 0.15) is 29.1 Å². The number of carboxylic acids is 1. The summed E-state index contributed by atoms with van der Waals surface area (Å²) in [6.45, 7) is 0.446. The highest BCUT2D eigenvalue weighted by atomic mass is 16.4. The molecular weight excluding hydrogens is 404 g/mol. The Balaban J connectivity index is 1.44. The van der Waals surface area contributed by atoms with Gasteiger partial charge in [0.25, 0.3) is 16.8 Å². The molecule has 0 spiro atoms. The molecule has 0 fully saturated rings. The number of carboxylic acid groups (broad SMARTS) is 1. The SMILES string of the molecule is Nc1c(NCc2cccc(CNC(=O)c3cc(C(=O)O)n4cncc4n3)c2)c(=O)c1=O. The Morgan fingerprint density at radius 3 is 2.55 bits per heavy atom. The summed E-state index contributed by atoms with van der Waals surface area (Å²) in [5.41, 5.74) is 5.87. The molecule has 1 amide bonds. The summed E-state index contributed by atoms with van der Waals surface area (Å²) in [5.74, 6) is -1.74. The van der Waals surface area contributed by atoms with Crippen molar-refractivity contribution in [3.05, 3.63) is 85.8 Å². The van der Waals surface area contributed by atoms with Gasteiger partial charge in [0.15, 0.2) is 5.65 Å². The first-order chi connectivity index (χ1) is 14.8. The number of benzene rings is 1. The molecule has 4 rings (SSSR count). The zero-order valence-corrected chi connectivity index (χ0v) is 16.0. The molecule has 0 saturated heterocycles. The van der Waals surface area contributed by atoms with Crippen molar-refractivity contribution in [1.29, 1.82) is 0 Å². The molecule has 2 aromatic carbocycles. The van der Waals surface area contributed by atoms with Crippen LogP contribution < -0.4 is 27.2 Å². The molecule has 0 aliphatic carbocycles. The monoisotopic (exact) mass is 420 g/mol. The van der Waals surface area contributed by atoms with Crippen LogP contribution in [0, 0.1) is 0 Å². The number of imidazole rings is 1. The van der Waals surface area contributed by atoms with E-state index in [1.807, 2.05) is 12.1 Å². The third-order valence-electron chi connectivity index (χ3n) is 4.70. The number of nitrogen functional groups attached to an aromatic ring is 1. The van der Waals surface area contributed by atoms with E-state index in [2.05, 4.69) is 20.6 Å². The number of anilines is 2. The van der Waals surface area contributed by atoms with Crippen molar-refractivity contribution in [1.82, 2.24) is 19.7 Å². The van der Waals surface area contributed by atoms with E-state index in [-0.39, 0.29) is 41.5 Å². The van der Waals surface area contributed by atoms with Crippen LogP contribution >= 0.6 is 0 Å². The minimum Gasteiger partial charge on any atom is -0.477 e. The van der Waals surface area contributed by atoms with Crippen LogP contribution in [-0.2, 0) is 13.1 Å². The van der Waals surface area contributed by atoms with Gasteiger partial charge >= 0.3 is 5.97 Å². The molecule has 31 heavy (non-hydrogen) atoms. The van der Waals surface area contributed by atoms with Crippen LogP contribution in [-0.4, -0.2) is 31.4 Å². The van der Waals surface area contributed by atoms with Crippen LogP contribution in [0.3, 0.4) is 0 Å². The van der Waals surface area contributed by atoms with Crippen LogP contribution in [0.4, 0.5) is 11.4 Å². The summed E-state index contributed by atoms with van der Waals surface area (Å²) in [6, 6.07) is 8.39. The van der Waals surface area contributed by atoms with E-state index in [0.29, 0.717) is 0 Å². The molecule has 0 aliphatic rings. The maximum absolute atomic E-state index is 12.5. The van der Waals surface area contributed by atoms with Gasteiger partial charge in [-0.05, 0) is 11.1 Å². The van der Waals surface area contributed by atoms with E-state index in [9.17, 15) is 24.3 Å². The first-order valence-corrected chi connectivity index (χ1v) is 9.10. The molecule has 11 heteroatoms. The maximum Gasteiger partial charge on any atom is 0.353 e. The van der Waals surface area contributed by atoms with E-state index < -0.39 is 22.7 Å². The van der Waals surface area contributed by atoms with Crippen molar-refractivity contribution < 1.29 is 14.7 Å². The third kappa shape index (κ3) is 3.71. The van der Waals surface area contributed by atoms with Crippen molar-refractivity contribution in [2.75, 3.05) is 11.1 Å². The molecule has 2 aromatic heterocycles. The van der Waals surface area contributed by atoms with E-state index in [1.54, 1.807) is 12.1 Å². The second kappa shape index (κ2) is 7.71. The molecule has 4 aromatic rings. The number of amides is 1. The van der Waals surface area contributed by atoms with Crippen LogP contribution in [0.5, 0.6) is 0 Å². The lowest BCUT2D eigenvalue weighted by atomic mass is 10.1. The maximum atomic E-state index is 12.5. The molecule has 5 N–H and O–H groups in total. The van der Waals surface area contributed by atoms with Crippen molar-refractivity contribution in [2.45, 2.75) is 13.1 Å². The number of fused-ring (bicyclic) bond motifs is 1. The normalized spacial score (nSPS) is 11.0. The van der Waals surface area contributed by atoms with Gasteiger partial charge in [-0.25, -0.2) is 14.8 Å². The molecule has 0 saturated carbocycles.